The first kappa shape index (κ1) is 17.3. The predicted octanol–water partition coefficient (Wildman–Crippen LogP) is 3.11. The molecule has 1 aliphatic rings. The molecule has 2 rings (SSSR count). The number of halogens is 1. The van der Waals surface area contributed by atoms with Crippen molar-refractivity contribution in [3.05, 3.63) is 35.4 Å². The number of hydrogen-bond acceptors (Lipinski definition) is 1. The number of guanidine groups is 1. The Morgan fingerprint density at radius 3 is 2.40 bits per heavy atom. The second kappa shape index (κ2) is 7.29. The molecule has 1 aliphatic carbocycles. The van der Waals surface area contributed by atoms with E-state index in [1.807, 2.05) is 0 Å². The Hall–Kier alpha value is -0.780. The van der Waals surface area contributed by atoms with E-state index < -0.39 is 0 Å². The highest BCUT2D eigenvalue weighted by Gasteiger charge is 2.32. The number of fused-ring (bicyclic) bond motifs is 1. The van der Waals surface area contributed by atoms with E-state index in [-0.39, 0.29) is 29.4 Å². The maximum atomic E-state index is 5.93. The van der Waals surface area contributed by atoms with Gasteiger partial charge in [-0.1, -0.05) is 38.1 Å². The van der Waals surface area contributed by atoms with Crippen molar-refractivity contribution in [1.29, 1.82) is 0 Å². The molecular weight excluding hydrogens is 361 g/mol. The molecule has 0 bridgehead atoms. The SMILES string of the molecule is CCC(C)NC(N)=NCC1(C)Cc2ccccc2C1.I. The van der Waals surface area contributed by atoms with Gasteiger partial charge < -0.3 is 11.1 Å². The molecule has 3 nitrogen and oxygen atoms in total. The summed E-state index contributed by atoms with van der Waals surface area (Å²) in [5.41, 5.74) is 9.08. The van der Waals surface area contributed by atoms with Gasteiger partial charge in [0.2, 0.25) is 0 Å². The molecule has 1 aromatic rings. The zero-order valence-corrected chi connectivity index (χ0v) is 15.0. The number of rotatable bonds is 4. The average Bonchev–Trinajstić information content (AvgIpc) is 2.73. The molecule has 3 N–H and O–H groups in total. The first-order valence-electron chi connectivity index (χ1n) is 7.16. The zero-order valence-electron chi connectivity index (χ0n) is 12.6. The van der Waals surface area contributed by atoms with Crippen LogP contribution >= 0.6 is 24.0 Å². The van der Waals surface area contributed by atoms with Crippen LogP contribution in [0.1, 0.15) is 38.3 Å². The first-order chi connectivity index (χ1) is 9.02. The van der Waals surface area contributed by atoms with E-state index in [1.54, 1.807) is 0 Å². The number of nitrogens with two attached hydrogens (primary N) is 1. The molecule has 1 aromatic carbocycles. The van der Waals surface area contributed by atoms with Gasteiger partial charge in [-0.25, -0.2) is 0 Å². The molecule has 0 saturated carbocycles. The smallest absolute Gasteiger partial charge is 0.188 e. The van der Waals surface area contributed by atoms with Crippen LogP contribution in [0.4, 0.5) is 0 Å². The minimum Gasteiger partial charge on any atom is -0.370 e. The summed E-state index contributed by atoms with van der Waals surface area (Å²) in [6.45, 7) is 7.35. The fourth-order valence-corrected chi connectivity index (χ4v) is 2.67. The molecule has 0 amide bonds. The molecule has 20 heavy (non-hydrogen) atoms. The molecule has 0 heterocycles. The van der Waals surface area contributed by atoms with Gasteiger partial charge >= 0.3 is 0 Å². The molecular formula is C16H26IN3. The summed E-state index contributed by atoms with van der Waals surface area (Å²) in [6.07, 6.45) is 3.26. The van der Waals surface area contributed by atoms with Crippen molar-refractivity contribution in [2.75, 3.05) is 6.54 Å². The van der Waals surface area contributed by atoms with Crippen molar-refractivity contribution in [3.8, 4) is 0 Å². The van der Waals surface area contributed by atoms with Gasteiger partial charge in [-0.15, -0.1) is 24.0 Å². The fraction of sp³-hybridized carbons (Fsp3) is 0.562. The normalized spacial score (nSPS) is 18.1. The molecule has 0 aliphatic heterocycles. The van der Waals surface area contributed by atoms with Crippen LogP contribution in [-0.2, 0) is 12.8 Å². The highest BCUT2D eigenvalue weighted by molar-refractivity contribution is 14.0. The van der Waals surface area contributed by atoms with Crippen molar-refractivity contribution in [3.63, 3.8) is 0 Å². The number of hydrogen-bond donors (Lipinski definition) is 2. The highest BCUT2D eigenvalue weighted by atomic mass is 127. The third-order valence-corrected chi connectivity index (χ3v) is 3.99. The molecule has 1 atom stereocenters. The third-order valence-electron chi connectivity index (χ3n) is 3.99. The van der Waals surface area contributed by atoms with Crippen LogP contribution in [0.5, 0.6) is 0 Å². The van der Waals surface area contributed by atoms with Gasteiger partial charge in [0.25, 0.3) is 0 Å². The number of nitrogens with zero attached hydrogens (tertiary/aromatic N) is 1. The second-order valence-corrected chi connectivity index (χ2v) is 6.09. The molecule has 0 saturated heterocycles. The Balaban J connectivity index is 0.00000200. The molecule has 0 aromatic heterocycles. The number of nitrogens with one attached hydrogen (secondary N) is 1. The monoisotopic (exact) mass is 387 g/mol. The zero-order chi connectivity index (χ0) is 13.9. The lowest BCUT2D eigenvalue weighted by Gasteiger charge is -2.21. The van der Waals surface area contributed by atoms with Crippen molar-refractivity contribution in [1.82, 2.24) is 5.32 Å². The van der Waals surface area contributed by atoms with Crippen LogP contribution in [0.15, 0.2) is 29.3 Å². The van der Waals surface area contributed by atoms with E-state index in [1.165, 1.54) is 11.1 Å². The summed E-state index contributed by atoms with van der Waals surface area (Å²) in [7, 11) is 0. The van der Waals surface area contributed by atoms with E-state index >= 15 is 0 Å². The van der Waals surface area contributed by atoms with Crippen LogP contribution in [0, 0.1) is 5.41 Å². The van der Waals surface area contributed by atoms with Gasteiger partial charge in [0, 0.05) is 12.6 Å². The standard InChI is InChI=1S/C16H25N3.HI/c1-4-12(2)19-15(17)18-11-16(3)9-13-7-5-6-8-14(13)10-16;/h5-8,12H,4,9-11H2,1-3H3,(H3,17,18,19);1H. The van der Waals surface area contributed by atoms with Gasteiger partial charge in [0.05, 0.1) is 0 Å². The second-order valence-electron chi connectivity index (χ2n) is 6.09. The van der Waals surface area contributed by atoms with E-state index in [9.17, 15) is 0 Å². The summed E-state index contributed by atoms with van der Waals surface area (Å²) in [5.74, 6) is 0.575. The van der Waals surface area contributed by atoms with Crippen molar-refractivity contribution in [2.24, 2.45) is 16.1 Å². The maximum Gasteiger partial charge on any atom is 0.188 e. The maximum absolute atomic E-state index is 5.93. The van der Waals surface area contributed by atoms with Gasteiger partial charge in [-0.2, -0.15) is 0 Å². The predicted molar refractivity (Wildman–Crippen MR) is 96.8 cm³/mol. The molecule has 0 fully saturated rings. The van der Waals surface area contributed by atoms with E-state index in [4.69, 9.17) is 5.73 Å². The summed E-state index contributed by atoms with van der Waals surface area (Å²) in [5, 5.41) is 3.22. The number of aliphatic imine (C=N–C) groups is 1. The lowest BCUT2D eigenvalue weighted by atomic mass is 9.87. The highest BCUT2D eigenvalue weighted by Crippen LogP contribution is 2.36. The molecule has 1 unspecified atom stereocenters. The molecule has 112 valence electrons. The van der Waals surface area contributed by atoms with Crippen molar-refractivity contribution >= 4 is 29.9 Å². The Kier molecular flexibility index (Phi) is 6.30. The van der Waals surface area contributed by atoms with Crippen LogP contribution < -0.4 is 11.1 Å². The number of benzene rings is 1. The van der Waals surface area contributed by atoms with Gasteiger partial charge in [-0.3, -0.25) is 4.99 Å². The summed E-state index contributed by atoms with van der Waals surface area (Å²) >= 11 is 0. The van der Waals surface area contributed by atoms with E-state index in [2.05, 4.69) is 55.3 Å². The Bertz CT molecular complexity index is 446. The molecule has 0 radical (unpaired) electrons. The summed E-state index contributed by atoms with van der Waals surface area (Å²) in [4.78, 5) is 4.53. The molecule has 4 heteroatoms. The van der Waals surface area contributed by atoms with Gasteiger partial charge in [-0.05, 0) is 42.7 Å². The summed E-state index contributed by atoms with van der Waals surface area (Å²) < 4.78 is 0. The minimum absolute atomic E-state index is 0. The summed E-state index contributed by atoms with van der Waals surface area (Å²) in [6, 6.07) is 9.08. The Morgan fingerprint density at radius 1 is 1.35 bits per heavy atom. The fourth-order valence-electron chi connectivity index (χ4n) is 2.67. The van der Waals surface area contributed by atoms with Crippen LogP contribution in [-0.4, -0.2) is 18.5 Å². The average molecular weight is 387 g/mol. The largest absolute Gasteiger partial charge is 0.370 e. The lowest BCUT2D eigenvalue weighted by molar-refractivity contribution is 0.360. The van der Waals surface area contributed by atoms with E-state index in [0.717, 1.165) is 25.8 Å². The first-order valence-corrected chi connectivity index (χ1v) is 7.16. The van der Waals surface area contributed by atoms with E-state index in [0.29, 0.717) is 12.0 Å². The third kappa shape index (κ3) is 4.36. The van der Waals surface area contributed by atoms with Gasteiger partial charge in [0.1, 0.15) is 0 Å². The molecule has 0 spiro atoms. The van der Waals surface area contributed by atoms with Gasteiger partial charge in [0.15, 0.2) is 5.96 Å². The quantitative estimate of drug-likeness (QED) is 0.474. The van der Waals surface area contributed by atoms with Crippen molar-refractivity contribution < 1.29 is 0 Å². The minimum atomic E-state index is 0. The Labute approximate surface area is 139 Å². The van der Waals surface area contributed by atoms with Crippen molar-refractivity contribution in [2.45, 2.75) is 46.1 Å². The van der Waals surface area contributed by atoms with Crippen LogP contribution in [0.3, 0.4) is 0 Å². The van der Waals surface area contributed by atoms with Crippen LogP contribution in [0.25, 0.3) is 0 Å². The lowest BCUT2D eigenvalue weighted by Crippen LogP contribution is -2.39. The van der Waals surface area contributed by atoms with Crippen LogP contribution in [0.2, 0.25) is 0 Å². The topological polar surface area (TPSA) is 50.4 Å². The Morgan fingerprint density at radius 2 is 1.90 bits per heavy atom.